The second kappa shape index (κ2) is 13.0. The third-order valence-corrected chi connectivity index (χ3v) is 3.28. The van der Waals surface area contributed by atoms with Crippen LogP contribution in [-0.4, -0.2) is 38.2 Å². The Bertz CT molecular complexity index is 514. The number of benzene rings is 1. The van der Waals surface area contributed by atoms with Crippen LogP contribution in [0.4, 0.5) is 0 Å². The Morgan fingerprint density at radius 1 is 1.00 bits per heavy atom. The fraction of sp³-hybridized carbons (Fsp3) is 0.526. The smallest absolute Gasteiger partial charge is 0.312 e. The molecule has 0 aliphatic carbocycles. The molecule has 1 aromatic carbocycles. The van der Waals surface area contributed by atoms with Gasteiger partial charge in [-0.1, -0.05) is 30.3 Å². The van der Waals surface area contributed by atoms with E-state index in [2.05, 4.69) is 4.74 Å². The second-order valence-corrected chi connectivity index (χ2v) is 5.48. The first-order valence-corrected chi connectivity index (χ1v) is 8.35. The summed E-state index contributed by atoms with van der Waals surface area (Å²) >= 11 is 0. The minimum atomic E-state index is -0.899. The largest absolute Gasteiger partial charge is 0.468 e. The summed E-state index contributed by atoms with van der Waals surface area (Å²) in [6.07, 6.45) is 0.472. The summed E-state index contributed by atoms with van der Waals surface area (Å²) in [5.41, 5.74) is 0.0937. The van der Waals surface area contributed by atoms with Crippen LogP contribution in [0.5, 0.6) is 0 Å². The Kier molecular flexibility index (Phi) is 11.8. The number of carbonyl (C=O) groups is 3. The van der Waals surface area contributed by atoms with Gasteiger partial charge in [0, 0.05) is 0 Å². The van der Waals surface area contributed by atoms with Gasteiger partial charge in [-0.3, -0.25) is 14.4 Å². The normalized spacial score (nSPS) is 12.0. The molecule has 1 unspecified atom stereocenters. The number of carbonyl (C=O) groups excluding carboxylic acids is 3. The van der Waals surface area contributed by atoms with E-state index in [-0.39, 0.29) is 18.4 Å². The van der Waals surface area contributed by atoms with Gasteiger partial charge in [0.1, 0.15) is 0 Å². The van der Waals surface area contributed by atoms with Crippen LogP contribution in [0.25, 0.3) is 0 Å². The quantitative estimate of drug-likeness (QED) is 0.386. The lowest BCUT2D eigenvalue weighted by molar-refractivity contribution is -0.161. The van der Waals surface area contributed by atoms with Gasteiger partial charge in [0.05, 0.1) is 31.7 Å². The summed E-state index contributed by atoms with van der Waals surface area (Å²) in [7, 11) is 0. The maximum absolute atomic E-state index is 12.2. The first-order valence-electron chi connectivity index (χ1n) is 8.35. The van der Waals surface area contributed by atoms with E-state index in [1.54, 1.807) is 27.7 Å². The zero-order valence-corrected chi connectivity index (χ0v) is 15.4. The van der Waals surface area contributed by atoms with Gasteiger partial charge in [-0.2, -0.15) is 0 Å². The second-order valence-electron chi connectivity index (χ2n) is 5.48. The first kappa shape index (κ1) is 22.6. The van der Waals surface area contributed by atoms with Gasteiger partial charge in [-0.25, -0.2) is 0 Å². The van der Waals surface area contributed by atoms with Crippen LogP contribution in [0.1, 0.15) is 39.7 Å². The molecule has 0 saturated heterocycles. The van der Waals surface area contributed by atoms with Crippen molar-refractivity contribution in [1.82, 2.24) is 0 Å². The molecular formula is C19H28O6. The Morgan fingerprint density at radius 2 is 1.60 bits per heavy atom. The van der Waals surface area contributed by atoms with E-state index in [0.717, 1.165) is 5.56 Å². The summed E-state index contributed by atoms with van der Waals surface area (Å²) < 4.78 is 14.2. The maximum atomic E-state index is 12.2. The third kappa shape index (κ3) is 9.49. The Morgan fingerprint density at radius 3 is 2.04 bits per heavy atom. The first-order chi connectivity index (χ1) is 11.9. The van der Waals surface area contributed by atoms with E-state index >= 15 is 0 Å². The van der Waals surface area contributed by atoms with Crippen molar-refractivity contribution in [2.45, 2.75) is 40.5 Å². The number of rotatable bonds is 9. The van der Waals surface area contributed by atoms with Gasteiger partial charge >= 0.3 is 11.9 Å². The SMILES string of the molecule is CCOC(=O)CC(C)(Cc1ccccc1)C(=O)OCC.CCOC=O. The van der Waals surface area contributed by atoms with E-state index in [0.29, 0.717) is 32.7 Å². The van der Waals surface area contributed by atoms with Crippen LogP contribution in [0.3, 0.4) is 0 Å². The Labute approximate surface area is 149 Å². The van der Waals surface area contributed by atoms with Crippen LogP contribution < -0.4 is 0 Å². The molecular weight excluding hydrogens is 324 g/mol. The lowest BCUT2D eigenvalue weighted by atomic mass is 9.80. The Hall–Kier alpha value is -2.37. The molecule has 0 bridgehead atoms. The van der Waals surface area contributed by atoms with Crippen LogP contribution in [0.15, 0.2) is 30.3 Å². The molecule has 0 aliphatic heterocycles. The van der Waals surface area contributed by atoms with E-state index in [9.17, 15) is 14.4 Å². The molecule has 25 heavy (non-hydrogen) atoms. The molecule has 0 saturated carbocycles. The van der Waals surface area contributed by atoms with Crippen molar-refractivity contribution >= 4 is 18.4 Å². The van der Waals surface area contributed by atoms with Crippen molar-refractivity contribution in [1.29, 1.82) is 0 Å². The summed E-state index contributed by atoms with van der Waals surface area (Å²) in [5, 5.41) is 0. The molecule has 0 heterocycles. The van der Waals surface area contributed by atoms with E-state index in [1.807, 2.05) is 30.3 Å². The molecule has 0 amide bonds. The Balaban J connectivity index is 0.00000101. The topological polar surface area (TPSA) is 78.9 Å². The predicted octanol–water partition coefficient (Wildman–Crippen LogP) is 2.93. The highest BCUT2D eigenvalue weighted by Crippen LogP contribution is 2.29. The van der Waals surface area contributed by atoms with Crippen molar-refractivity contribution in [3.8, 4) is 0 Å². The monoisotopic (exact) mass is 352 g/mol. The molecule has 0 aromatic heterocycles. The highest BCUT2D eigenvalue weighted by molar-refractivity contribution is 5.83. The predicted molar refractivity (Wildman–Crippen MR) is 93.8 cm³/mol. The van der Waals surface area contributed by atoms with Crippen LogP contribution in [-0.2, 0) is 35.0 Å². The average Bonchev–Trinajstić information content (AvgIpc) is 2.57. The molecule has 6 nitrogen and oxygen atoms in total. The molecule has 0 radical (unpaired) electrons. The van der Waals surface area contributed by atoms with Gasteiger partial charge in [0.25, 0.3) is 6.47 Å². The number of ether oxygens (including phenoxy) is 3. The van der Waals surface area contributed by atoms with Gasteiger partial charge in [0.2, 0.25) is 0 Å². The lowest BCUT2D eigenvalue weighted by Gasteiger charge is -2.26. The molecule has 0 aliphatic rings. The molecule has 0 fully saturated rings. The number of hydrogen-bond donors (Lipinski definition) is 0. The maximum Gasteiger partial charge on any atom is 0.312 e. The van der Waals surface area contributed by atoms with Gasteiger partial charge in [0.15, 0.2) is 0 Å². The van der Waals surface area contributed by atoms with E-state index in [1.165, 1.54) is 0 Å². The zero-order chi connectivity index (χ0) is 19.1. The lowest BCUT2D eigenvalue weighted by Crippen LogP contribution is -2.35. The van der Waals surface area contributed by atoms with E-state index in [4.69, 9.17) is 9.47 Å². The van der Waals surface area contributed by atoms with Crippen LogP contribution >= 0.6 is 0 Å². The molecule has 140 valence electrons. The molecule has 1 atom stereocenters. The molecule has 1 aromatic rings. The zero-order valence-electron chi connectivity index (χ0n) is 15.4. The minimum Gasteiger partial charge on any atom is -0.468 e. The van der Waals surface area contributed by atoms with Gasteiger partial charge in [-0.05, 0) is 39.7 Å². The van der Waals surface area contributed by atoms with E-state index < -0.39 is 5.41 Å². The average molecular weight is 352 g/mol. The summed E-state index contributed by atoms with van der Waals surface area (Å²) in [6, 6.07) is 9.60. The van der Waals surface area contributed by atoms with Crippen LogP contribution in [0.2, 0.25) is 0 Å². The number of hydrogen-bond acceptors (Lipinski definition) is 6. The molecule has 0 spiro atoms. The van der Waals surface area contributed by atoms with Crippen LogP contribution in [0, 0.1) is 5.41 Å². The highest BCUT2D eigenvalue weighted by Gasteiger charge is 2.37. The molecule has 0 N–H and O–H groups in total. The third-order valence-electron chi connectivity index (χ3n) is 3.28. The fourth-order valence-electron chi connectivity index (χ4n) is 2.16. The van der Waals surface area contributed by atoms with Gasteiger partial charge in [-0.15, -0.1) is 0 Å². The van der Waals surface area contributed by atoms with Crippen molar-refractivity contribution < 1.29 is 28.6 Å². The highest BCUT2D eigenvalue weighted by atomic mass is 16.5. The summed E-state index contributed by atoms with van der Waals surface area (Å²) in [5.74, 6) is -0.740. The van der Waals surface area contributed by atoms with Crippen molar-refractivity contribution in [3.05, 3.63) is 35.9 Å². The van der Waals surface area contributed by atoms with Crippen molar-refractivity contribution in [2.24, 2.45) is 5.41 Å². The van der Waals surface area contributed by atoms with Crippen molar-refractivity contribution in [3.63, 3.8) is 0 Å². The van der Waals surface area contributed by atoms with Gasteiger partial charge < -0.3 is 14.2 Å². The van der Waals surface area contributed by atoms with Crippen molar-refractivity contribution in [2.75, 3.05) is 19.8 Å². The molecule has 1 rings (SSSR count). The molecule has 6 heteroatoms. The fourth-order valence-corrected chi connectivity index (χ4v) is 2.16. The number of esters is 2. The summed E-state index contributed by atoms with van der Waals surface area (Å²) in [4.78, 5) is 33.1. The minimum absolute atomic E-state index is 0.0224. The standard InChI is InChI=1S/C16H22O4.C3H6O2/c1-4-19-14(17)12-16(3,15(18)20-5-2)11-13-9-7-6-8-10-13;1-2-5-3-4/h6-10H,4-5,11-12H2,1-3H3;3H,2H2,1H3. The summed E-state index contributed by atoms with van der Waals surface area (Å²) in [6.45, 7) is 8.52.